The third-order valence-corrected chi connectivity index (χ3v) is 5.18. The lowest BCUT2D eigenvalue weighted by atomic mass is 9.99. The van der Waals surface area contributed by atoms with E-state index < -0.39 is 10.9 Å². The summed E-state index contributed by atoms with van der Waals surface area (Å²) >= 11 is 0. The SMILES string of the molecule is O=C(O)CC[C@H](c1ccccc1)N1CCN(C(=O)c2ccc([N+](=O)[O-])cc2)CC1. The normalized spacial score (nSPS) is 15.7. The van der Waals surface area contributed by atoms with Crippen molar-refractivity contribution in [3.63, 3.8) is 0 Å². The number of amides is 1. The Morgan fingerprint density at radius 1 is 1.00 bits per heavy atom. The molecule has 0 bridgehead atoms. The number of carbonyl (C=O) groups is 2. The van der Waals surface area contributed by atoms with Gasteiger partial charge in [-0.2, -0.15) is 0 Å². The van der Waals surface area contributed by atoms with Crippen molar-refractivity contribution in [1.29, 1.82) is 0 Å². The number of carbonyl (C=O) groups excluding carboxylic acids is 1. The first-order valence-electron chi connectivity index (χ1n) is 9.50. The zero-order valence-electron chi connectivity index (χ0n) is 15.9. The maximum absolute atomic E-state index is 12.7. The van der Waals surface area contributed by atoms with Crippen LogP contribution in [0.5, 0.6) is 0 Å². The molecule has 1 amide bonds. The van der Waals surface area contributed by atoms with Crippen molar-refractivity contribution in [3.05, 3.63) is 75.8 Å². The van der Waals surface area contributed by atoms with E-state index in [0.717, 1.165) is 5.56 Å². The van der Waals surface area contributed by atoms with Crippen LogP contribution in [0.15, 0.2) is 54.6 Å². The Hall–Kier alpha value is -3.26. The summed E-state index contributed by atoms with van der Waals surface area (Å²) in [5.41, 5.74) is 1.45. The monoisotopic (exact) mass is 397 g/mol. The summed E-state index contributed by atoms with van der Waals surface area (Å²) in [6.45, 7) is 2.31. The fourth-order valence-electron chi connectivity index (χ4n) is 3.64. The molecule has 152 valence electrons. The topological polar surface area (TPSA) is 104 Å². The van der Waals surface area contributed by atoms with E-state index in [1.54, 1.807) is 4.90 Å². The van der Waals surface area contributed by atoms with Crippen LogP contribution in [-0.2, 0) is 4.79 Å². The number of benzene rings is 2. The standard InChI is InChI=1S/C21H23N3O5/c25-20(26)11-10-19(16-4-2-1-3-5-16)22-12-14-23(15-13-22)21(27)17-6-8-18(9-7-17)24(28)29/h1-9,19H,10-15H2,(H,25,26)/t19-/m1/s1. The maximum atomic E-state index is 12.7. The highest BCUT2D eigenvalue weighted by Crippen LogP contribution is 2.27. The average molecular weight is 397 g/mol. The van der Waals surface area contributed by atoms with E-state index in [0.29, 0.717) is 38.2 Å². The van der Waals surface area contributed by atoms with Gasteiger partial charge in [0.1, 0.15) is 0 Å². The number of carboxylic acids is 1. The van der Waals surface area contributed by atoms with Gasteiger partial charge in [0.2, 0.25) is 0 Å². The van der Waals surface area contributed by atoms with E-state index in [9.17, 15) is 19.7 Å². The van der Waals surface area contributed by atoms with Gasteiger partial charge in [0.25, 0.3) is 11.6 Å². The zero-order valence-corrected chi connectivity index (χ0v) is 15.9. The Bertz CT molecular complexity index is 862. The van der Waals surface area contributed by atoms with Crippen molar-refractivity contribution in [2.75, 3.05) is 26.2 Å². The Labute approximate surface area is 168 Å². The molecule has 1 aliphatic rings. The van der Waals surface area contributed by atoms with Crippen LogP contribution in [0.4, 0.5) is 5.69 Å². The second-order valence-electron chi connectivity index (χ2n) is 6.99. The van der Waals surface area contributed by atoms with E-state index in [1.807, 2.05) is 30.3 Å². The van der Waals surface area contributed by atoms with Gasteiger partial charge in [-0.3, -0.25) is 24.6 Å². The number of aliphatic carboxylic acids is 1. The molecular weight excluding hydrogens is 374 g/mol. The van der Waals surface area contributed by atoms with E-state index in [1.165, 1.54) is 24.3 Å². The maximum Gasteiger partial charge on any atom is 0.303 e. The van der Waals surface area contributed by atoms with Crippen LogP contribution >= 0.6 is 0 Å². The van der Waals surface area contributed by atoms with E-state index in [-0.39, 0.29) is 24.1 Å². The van der Waals surface area contributed by atoms with Crippen molar-refractivity contribution in [1.82, 2.24) is 9.80 Å². The van der Waals surface area contributed by atoms with Crippen LogP contribution in [0.25, 0.3) is 0 Å². The number of hydrogen-bond acceptors (Lipinski definition) is 5. The Balaban J connectivity index is 1.65. The minimum absolute atomic E-state index is 0.0103. The first kappa shape index (κ1) is 20.5. The lowest BCUT2D eigenvalue weighted by molar-refractivity contribution is -0.384. The van der Waals surface area contributed by atoms with Gasteiger partial charge in [0.15, 0.2) is 0 Å². The van der Waals surface area contributed by atoms with Crippen molar-refractivity contribution in [2.45, 2.75) is 18.9 Å². The predicted octanol–water partition coefficient (Wildman–Crippen LogP) is 2.96. The van der Waals surface area contributed by atoms with Crippen LogP contribution in [0, 0.1) is 10.1 Å². The van der Waals surface area contributed by atoms with E-state index in [2.05, 4.69) is 4.90 Å². The molecule has 8 heteroatoms. The van der Waals surface area contributed by atoms with Gasteiger partial charge >= 0.3 is 5.97 Å². The molecule has 2 aromatic rings. The number of nitro benzene ring substituents is 1. The molecule has 1 N–H and O–H groups in total. The Morgan fingerprint density at radius 2 is 1.62 bits per heavy atom. The quantitative estimate of drug-likeness (QED) is 0.569. The summed E-state index contributed by atoms with van der Waals surface area (Å²) in [6.07, 6.45) is 0.594. The smallest absolute Gasteiger partial charge is 0.303 e. The third kappa shape index (κ3) is 5.17. The van der Waals surface area contributed by atoms with Crippen LogP contribution in [0.2, 0.25) is 0 Å². The third-order valence-electron chi connectivity index (χ3n) is 5.18. The van der Waals surface area contributed by atoms with Gasteiger partial charge in [-0.1, -0.05) is 30.3 Å². The number of nitro groups is 1. The summed E-state index contributed by atoms with van der Waals surface area (Å²) in [7, 11) is 0. The molecule has 1 aliphatic heterocycles. The van der Waals surface area contributed by atoms with Crippen LogP contribution in [0.1, 0.15) is 34.8 Å². The second kappa shape index (κ2) is 9.29. The second-order valence-corrected chi connectivity index (χ2v) is 6.99. The lowest BCUT2D eigenvalue weighted by Crippen LogP contribution is -2.49. The molecule has 2 aromatic carbocycles. The van der Waals surface area contributed by atoms with Crippen LogP contribution in [0.3, 0.4) is 0 Å². The summed E-state index contributed by atoms with van der Waals surface area (Å²) in [6, 6.07) is 15.4. The molecule has 3 rings (SSSR count). The number of carboxylic acid groups (broad SMARTS) is 1. The van der Waals surface area contributed by atoms with Crippen molar-refractivity contribution >= 4 is 17.6 Å². The molecule has 8 nitrogen and oxygen atoms in total. The molecule has 1 saturated heterocycles. The predicted molar refractivity (Wildman–Crippen MR) is 107 cm³/mol. The summed E-state index contributed by atoms with van der Waals surface area (Å²) in [4.78, 5) is 38.0. The molecule has 0 saturated carbocycles. The van der Waals surface area contributed by atoms with Crippen molar-refractivity contribution < 1.29 is 19.6 Å². The van der Waals surface area contributed by atoms with Crippen LogP contribution in [-0.4, -0.2) is 57.9 Å². The first-order valence-corrected chi connectivity index (χ1v) is 9.50. The zero-order chi connectivity index (χ0) is 20.8. The molecule has 29 heavy (non-hydrogen) atoms. The molecular formula is C21H23N3O5. The molecule has 1 fully saturated rings. The average Bonchev–Trinajstić information content (AvgIpc) is 2.74. The lowest BCUT2D eigenvalue weighted by Gasteiger charge is -2.39. The molecule has 0 aliphatic carbocycles. The van der Waals surface area contributed by atoms with E-state index in [4.69, 9.17) is 5.11 Å². The van der Waals surface area contributed by atoms with Gasteiger partial charge < -0.3 is 10.0 Å². The van der Waals surface area contributed by atoms with Gasteiger partial charge in [-0.15, -0.1) is 0 Å². The molecule has 0 radical (unpaired) electrons. The fourth-order valence-corrected chi connectivity index (χ4v) is 3.64. The number of hydrogen-bond donors (Lipinski definition) is 1. The molecule has 0 unspecified atom stereocenters. The molecule has 1 atom stereocenters. The summed E-state index contributed by atoms with van der Waals surface area (Å²) < 4.78 is 0. The van der Waals surface area contributed by atoms with Gasteiger partial charge in [-0.25, -0.2) is 0 Å². The Kier molecular flexibility index (Phi) is 6.56. The van der Waals surface area contributed by atoms with Crippen molar-refractivity contribution in [3.8, 4) is 0 Å². The number of non-ortho nitro benzene ring substituents is 1. The summed E-state index contributed by atoms with van der Waals surface area (Å²) in [5, 5.41) is 19.9. The molecule has 0 spiro atoms. The van der Waals surface area contributed by atoms with Crippen molar-refractivity contribution in [2.24, 2.45) is 0 Å². The van der Waals surface area contributed by atoms with Gasteiger partial charge in [0.05, 0.1) is 4.92 Å². The summed E-state index contributed by atoms with van der Waals surface area (Å²) in [5.74, 6) is -0.973. The highest BCUT2D eigenvalue weighted by atomic mass is 16.6. The van der Waals surface area contributed by atoms with E-state index >= 15 is 0 Å². The number of nitrogens with zero attached hydrogens (tertiary/aromatic N) is 3. The molecule has 1 heterocycles. The van der Waals surface area contributed by atoms with Crippen LogP contribution < -0.4 is 0 Å². The first-order chi connectivity index (χ1) is 14.0. The minimum atomic E-state index is -0.821. The van der Waals surface area contributed by atoms with Gasteiger partial charge in [-0.05, 0) is 24.1 Å². The number of rotatable bonds is 7. The fraction of sp³-hybridized carbons (Fsp3) is 0.333. The minimum Gasteiger partial charge on any atom is -0.481 e. The highest BCUT2D eigenvalue weighted by molar-refractivity contribution is 5.94. The Morgan fingerprint density at radius 3 is 2.17 bits per heavy atom. The molecule has 0 aromatic heterocycles. The highest BCUT2D eigenvalue weighted by Gasteiger charge is 2.28. The number of piperazine rings is 1. The van der Waals surface area contributed by atoms with Gasteiger partial charge in [0, 0.05) is 56.3 Å². The largest absolute Gasteiger partial charge is 0.481 e.